The maximum absolute atomic E-state index is 12.8. The third-order valence-electron chi connectivity index (χ3n) is 5.03. The molecular formula is C25H29NO6. The van der Waals surface area contributed by atoms with E-state index in [0.717, 1.165) is 31.0 Å². The highest BCUT2D eigenvalue weighted by Crippen LogP contribution is 2.16. The minimum Gasteiger partial charge on any atom is -0.478 e. The number of benzene rings is 1. The van der Waals surface area contributed by atoms with Crippen molar-refractivity contribution in [1.29, 1.82) is 0 Å². The van der Waals surface area contributed by atoms with E-state index in [1.165, 1.54) is 31.7 Å². The highest BCUT2D eigenvalue weighted by molar-refractivity contribution is 6.10. The van der Waals surface area contributed by atoms with Crippen LogP contribution in [0.2, 0.25) is 0 Å². The molecule has 2 rings (SSSR count). The summed E-state index contributed by atoms with van der Waals surface area (Å²) in [6.07, 6.45) is 10.2. The number of carbonyl (C=O) groups excluding carboxylic acids is 1. The Morgan fingerprint density at radius 2 is 1.50 bits per heavy atom. The van der Waals surface area contributed by atoms with Crippen LogP contribution in [0, 0.1) is 0 Å². The lowest BCUT2D eigenvalue weighted by Gasteiger charge is -2.07. The van der Waals surface area contributed by atoms with Crippen molar-refractivity contribution in [2.45, 2.75) is 58.0 Å². The summed E-state index contributed by atoms with van der Waals surface area (Å²) >= 11 is 0. The molecule has 0 bridgehead atoms. The van der Waals surface area contributed by atoms with Crippen molar-refractivity contribution in [2.24, 2.45) is 0 Å². The highest BCUT2D eigenvalue weighted by Gasteiger charge is 2.17. The molecule has 1 atom stereocenters. The molecule has 0 amide bonds. The zero-order chi connectivity index (χ0) is 23.5. The summed E-state index contributed by atoms with van der Waals surface area (Å²) in [5.41, 5.74) is -0.134. The zero-order valence-corrected chi connectivity index (χ0v) is 18.2. The third-order valence-corrected chi connectivity index (χ3v) is 5.03. The van der Waals surface area contributed by atoms with Crippen molar-refractivity contribution >= 4 is 23.8 Å². The molecule has 170 valence electrons. The van der Waals surface area contributed by atoms with E-state index in [0.29, 0.717) is 12.1 Å². The Hall–Kier alpha value is -3.32. The minimum absolute atomic E-state index is 0.0523. The number of hydrogen-bond donors (Lipinski definition) is 3. The molecule has 2 aromatic rings. The number of unbranched alkanes of at least 4 members (excludes halogenated alkanes) is 5. The number of rotatable bonds is 13. The molecule has 7 heteroatoms. The van der Waals surface area contributed by atoms with Gasteiger partial charge in [0.15, 0.2) is 0 Å². The van der Waals surface area contributed by atoms with Gasteiger partial charge in [0.05, 0.1) is 22.9 Å². The van der Waals surface area contributed by atoms with E-state index in [-0.39, 0.29) is 22.4 Å². The molecule has 3 N–H and O–H groups in total. The summed E-state index contributed by atoms with van der Waals surface area (Å²) in [7, 11) is 0. The van der Waals surface area contributed by atoms with Crippen molar-refractivity contribution in [1.82, 2.24) is 4.98 Å². The molecule has 0 radical (unpaired) electrons. The van der Waals surface area contributed by atoms with Crippen molar-refractivity contribution in [3.05, 3.63) is 70.6 Å². The third kappa shape index (κ3) is 7.74. The monoisotopic (exact) mass is 439 g/mol. The van der Waals surface area contributed by atoms with E-state index in [1.807, 2.05) is 0 Å². The van der Waals surface area contributed by atoms with Crippen LogP contribution in [0.1, 0.15) is 94.3 Å². The van der Waals surface area contributed by atoms with Crippen molar-refractivity contribution in [3.8, 4) is 0 Å². The molecular weight excluding hydrogens is 410 g/mol. The molecule has 0 spiro atoms. The molecule has 32 heavy (non-hydrogen) atoms. The Balaban J connectivity index is 2.07. The number of hydrogen-bond acceptors (Lipinski definition) is 5. The Morgan fingerprint density at radius 1 is 0.906 bits per heavy atom. The molecule has 0 fully saturated rings. The van der Waals surface area contributed by atoms with Gasteiger partial charge < -0.3 is 15.3 Å². The Labute approximate surface area is 187 Å². The van der Waals surface area contributed by atoms with Crippen LogP contribution < -0.4 is 0 Å². The van der Waals surface area contributed by atoms with Gasteiger partial charge in [0, 0.05) is 5.56 Å². The number of aliphatic hydroxyl groups is 1. The summed E-state index contributed by atoms with van der Waals surface area (Å²) < 4.78 is 0. The number of carboxylic acid groups (broad SMARTS) is 2. The molecule has 0 aliphatic heterocycles. The fourth-order valence-electron chi connectivity index (χ4n) is 3.26. The largest absolute Gasteiger partial charge is 0.478 e. The van der Waals surface area contributed by atoms with Gasteiger partial charge in [0.1, 0.15) is 5.69 Å². The average molecular weight is 440 g/mol. The van der Waals surface area contributed by atoms with E-state index in [2.05, 4.69) is 11.9 Å². The molecule has 0 saturated heterocycles. The quantitative estimate of drug-likeness (QED) is 0.301. The Kier molecular flexibility index (Phi) is 9.76. The number of carboxylic acids is 2. The van der Waals surface area contributed by atoms with E-state index in [4.69, 9.17) is 0 Å². The van der Waals surface area contributed by atoms with Gasteiger partial charge in [-0.15, -0.1) is 0 Å². The lowest BCUT2D eigenvalue weighted by atomic mass is 10.0. The summed E-state index contributed by atoms with van der Waals surface area (Å²) in [5, 5.41) is 28.5. The SMILES string of the molecule is CCCCCCCCC(O)C=Cc1cccc(C(=O)c2cc(C(=O)O)cc(C(=O)O)c2)n1. The standard InChI is InChI=1S/C25H29NO6/c1-2-3-4-5-6-7-10-21(27)13-12-20-9-8-11-22(26-20)23(28)17-14-18(24(29)30)16-19(15-17)25(31)32/h8-9,11-16,21,27H,2-7,10H2,1H3,(H,29,30)(H,31,32). The first-order valence-electron chi connectivity index (χ1n) is 10.8. The average Bonchev–Trinajstić information content (AvgIpc) is 2.79. The molecule has 7 nitrogen and oxygen atoms in total. The first-order chi connectivity index (χ1) is 15.3. The van der Waals surface area contributed by atoms with Crippen LogP contribution in [0.3, 0.4) is 0 Å². The fourth-order valence-corrected chi connectivity index (χ4v) is 3.26. The molecule has 1 unspecified atom stereocenters. The minimum atomic E-state index is -1.33. The van der Waals surface area contributed by atoms with Gasteiger partial charge in [0.2, 0.25) is 5.78 Å². The summed E-state index contributed by atoms with van der Waals surface area (Å²) in [5.74, 6) is -3.24. The van der Waals surface area contributed by atoms with Gasteiger partial charge in [-0.2, -0.15) is 0 Å². The number of ketones is 1. The zero-order valence-electron chi connectivity index (χ0n) is 18.2. The molecule has 1 aromatic heterocycles. The van der Waals surface area contributed by atoms with Gasteiger partial charge >= 0.3 is 11.9 Å². The molecule has 1 heterocycles. The normalized spacial score (nSPS) is 12.1. The van der Waals surface area contributed by atoms with Crippen LogP contribution in [-0.4, -0.2) is 44.1 Å². The van der Waals surface area contributed by atoms with Gasteiger partial charge in [-0.05, 0) is 42.8 Å². The van der Waals surface area contributed by atoms with Gasteiger partial charge in [-0.25, -0.2) is 14.6 Å². The maximum Gasteiger partial charge on any atom is 0.335 e. The van der Waals surface area contributed by atoms with E-state index in [9.17, 15) is 29.7 Å². The number of carbonyl (C=O) groups is 3. The number of nitrogens with zero attached hydrogens (tertiary/aromatic N) is 1. The van der Waals surface area contributed by atoms with E-state index < -0.39 is 23.8 Å². The summed E-state index contributed by atoms with van der Waals surface area (Å²) in [6.45, 7) is 2.17. The Morgan fingerprint density at radius 3 is 2.12 bits per heavy atom. The molecule has 1 aromatic carbocycles. The molecule has 0 saturated carbocycles. The number of aliphatic hydroxyl groups excluding tert-OH is 1. The smallest absolute Gasteiger partial charge is 0.335 e. The van der Waals surface area contributed by atoms with Crippen LogP contribution >= 0.6 is 0 Å². The van der Waals surface area contributed by atoms with Crippen LogP contribution in [0.25, 0.3) is 6.08 Å². The lowest BCUT2D eigenvalue weighted by molar-refractivity contribution is 0.0696. The van der Waals surface area contributed by atoms with Crippen molar-refractivity contribution in [3.63, 3.8) is 0 Å². The van der Waals surface area contributed by atoms with Gasteiger partial charge in [-0.1, -0.05) is 57.6 Å². The number of pyridine rings is 1. The van der Waals surface area contributed by atoms with Crippen LogP contribution in [0.15, 0.2) is 42.5 Å². The lowest BCUT2D eigenvalue weighted by Crippen LogP contribution is -2.10. The summed E-state index contributed by atoms with van der Waals surface area (Å²) in [6, 6.07) is 8.04. The first kappa shape index (κ1) is 24.9. The maximum atomic E-state index is 12.8. The first-order valence-corrected chi connectivity index (χ1v) is 10.8. The summed E-state index contributed by atoms with van der Waals surface area (Å²) in [4.78, 5) is 39.6. The predicted molar refractivity (Wildman–Crippen MR) is 121 cm³/mol. The molecule has 0 aliphatic rings. The topological polar surface area (TPSA) is 125 Å². The van der Waals surface area contributed by atoms with Gasteiger partial charge in [-0.3, -0.25) is 4.79 Å². The fraction of sp³-hybridized carbons (Fsp3) is 0.360. The second kappa shape index (κ2) is 12.5. The highest BCUT2D eigenvalue weighted by atomic mass is 16.4. The Bertz CT molecular complexity index is 950. The van der Waals surface area contributed by atoms with E-state index in [1.54, 1.807) is 24.3 Å². The van der Waals surface area contributed by atoms with E-state index >= 15 is 0 Å². The second-order valence-electron chi connectivity index (χ2n) is 7.67. The predicted octanol–water partition coefficient (Wildman–Crippen LogP) is 4.83. The molecule has 0 aliphatic carbocycles. The van der Waals surface area contributed by atoms with Gasteiger partial charge in [0.25, 0.3) is 0 Å². The van der Waals surface area contributed by atoms with Crippen molar-refractivity contribution in [2.75, 3.05) is 0 Å². The van der Waals surface area contributed by atoms with Crippen LogP contribution in [0.5, 0.6) is 0 Å². The van der Waals surface area contributed by atoms with Crippen LogP contribution in [0.4, 0.5) is 0 Å². The number of aromatic carboxylic acids is 2. The number of aromatic nitrogens is 1. The van der Waals surface area contributed by atoms with Crippen LogP contribution in [-0.2, 0) is 0 Å². The van der Waals surface area contributed by atoms with Crippen molar-refractivity contribution < 1.29 is 29.7 Å². The second-order valence-corrected chi connectivity index (χ2v) is 7.67.